The number of hydrogen-bond acceptors (Lipinski definition) is 3. The molecule has 3 N–H and O–H groups in total. The molecule has 114 valence electrons. The number of H-pyrrole nitrogens is 1. The number of carboxylic acid groups (broad SMARTS) is 1. The van der Waals surface area contributed by atoms with Crippen LogP contribution < -0.4 is 4.72 Å². The summed E-state index contributed by atoms with van der Waals surface area (Å²) in [6, 6.07) is 5.33. The topological polar surface area (TPSA) is 99.3 Å². The van der Waals surface area contributed by atoms with E-state index < -0.39 is 27.8 Å². The predicted molar refractivity (Wildman–Crippen MR) is 71.5 cm³/mol. The second-order valence-electron chi connectivity index (χ2n) is 4.38. The van der Waals surface area contributed by atoms with Gasteiger partial charge in [0.2, 0.25) is 0 Å². The van der Waals surface area contributed by atoms with Crippen molar-refractivity contribution in [3.05, 3.63) is 36.0 Å². The number of fused-ring (bicyclic) bond motifs is 1. The molecule has 6 nitrogen and oxygen atoms in total. The maximum absolute atomic E-state index is 12.3. The van der Waals surface area contributed by atoms with E-state index in [0.29, 0.717) is 10.9 Å². The number of benzene rings is 1. The Morgan fingerprint density at radius 3 is 2.62 bits per heavy atom. The van der Waals surface area contributed by atoms with Gasteiger partial charge >= 0.3 is 11.7 Å². The molecule has 0 unspecified atom stereocenters. The zero-order valence-corrected chi connectivity index (χ0v) is 11.4. The van der Waals surface area contributed by atoms with Crippen LogP contribution in [-0.2, 0) is 21.2 Å². The molecular weight excluding hydrogens is 306 g/mol. The molecule has 1 aromatic heterocycles. The number of alkyl halides is 2. The van der Waals surface area contributed by atoms with E-state index in [1.807, 2.05) is 0 Å². The van der Waals surface area contributed by atoms with Gasteiger partial charge < -0.3 is 10.1 Å². The molecule has 9 heteroatoms. The van der Waals surface area contributed by atoms with E-state index in [4.69, 9.17) is 5.11 Å². The van der Waals surface area contributed by atoms with Gasteiger partial charge in [-0.3, -0.25) is 4.79 Å². The fourth-order valence-electron chi connectivity index (χ4n) is 1.95. The number of sulfonamides is 1. The van der Waals surface area contributed by atoms with E-state index in [1.54, 1.807) is 24.3 Å². The van der Waals surface area contributed by atoms with Gasteiger partial charge in [0, 0.05) is 23.5 Å². The first-order valence-electron chi connectivity index (χ1n) is 5.88. The number of aliphatic carboxylic acids is 1. The number of hydrogen-bond donors (Lipinski definition) is 3. The van der Waals surface area contributed by atoms with Crippen LogP contribution in [0.5, 0.6) is 0 Å². The Labute approximate surface area is 118 Å². The summed E-state index contributed by atoms with van der Waals surface area (Å²) in [4.78, 5) is 14.0. The molecule has 0 amide bonds. The van der Waals surface area contributed by atoms with Crippen LogP contribution in [0.3, 0.4) is 0 Å². The summed E-state index contributed by atoms with van der Waals surface area (Å²) < 4.78 is 48.4. The summed E-state index contributed by atoms with van der Waals surface area (Å²) in [7, 11) is -4.97. The number of aromatic nitrogens is 1. The number of aromatic amines is 1. The van der Waals surface area contributed by atoms with Crippen LogP contribution in [0.4, 0.5) is 8.78 Å². The van der Waals surface area contributed by atoms with Gasteiger partial charge in [0.25, 0.3) is 10.0 Å². The van der Waals surface area contributed by atoms with E-state index in [0.717, 1.165) is 5.52 Å². The molecule has 0 saturated heterocycles. The third-order valence-corrected chi connectivity index (χ3v) is 4.02. The lowest BCUT2D eigenvalue weighted by molar-refractivity contribution is -0.138. The lowest BCUT2D eigenvalue weighted by Crippen LogP contribution is -2.44. The molecule has 1 atom stereocenters. The predicted octanol–water partition coefficient (Wildman–Crippen LogP) is 1.31. The second-order valence-corrected chi connectivity index (χ2v) is 6.06. The third kappa shape index (κ3) is 3.37. The molecular formula is C12H12F2N2O4S. The first-order chi connectivity index (χ1) is 9.81. The second kappa shape index (κ2) is 5.78. The zero-order chi connectivity index (χ0) is 15.6. The summed E-state index contributed by atoms with van der Waals surface area (Å²) in [6.45, 7) is 0. The lowest BCUT2D eigenvalue weighted by Gasteiger charge is -2.13. The summed E-state index contributed by atoms with van der Waals surface area (Å²) in [5.41, 5.74) is 1.27. The largest absolute Gasteiger partial charge is 0.480 e. The van der Waals surface area contributed by atoms with E-state index >= 15 is 0 Å². The minimum absolute atomic E-state index is 0.245. The molecule has 21 heavy (non-hydrogen) atoms. The highest BCUT2D eigenvalue weighted by Crippen LogP contribution is 2.19. The Hall–Kier alpha value is -2.00. The molecule has 1 heterocycles. The first-order valence-corrected chi connectivity index (χ1v) is 7.43. The average Bonchev–Trinajstić information content (AvgIpc) is 2.81. The number of carboxylic acids is 1. The van der Waals surface area contributed by atoms with Crippen molar-refractivity contribution >= 4 is 26.9 Å². The SMILES string of the molecule is O=C(O)[C@H](Cc1c[nH]c2ccccc12)NS(=O)(=O)C(F)F. The van der Waals surface area contributed by atoms with Crippen LogP contribution in [0.2, 0.25) is 0 Å². The molecule has 0 saturated carbocycles. The van der Waals surface area contributed by atoms with Crippen LogP contribution in [0.1, 0.15) is 5.56 Å². The number of rotatable bonds is 6. The molecule has 0 radical (unpaired) electrons. The molecule has 0 fully saturated rings. The summed E-state index contributed by atoms with van der Waals surface area (Å²) in [6.07, 6.45) is 1.28. The van der Waals surface area contributed by atoms with Gasteiger partial charge in [-0.1, -0.05) is 18.2 Å². The molecule has 0 spiro atoms. The van der Waals surface area contributed by atoms with Crippen molar-refractivity contribution in [2.24, 2.45) is 0 Å². The van der Waals surface area contributed by atoms with Gasteiger partial charge in [0.05, 0.1) is 0 Å². The zero-order valence-electron chi connectivity index (χ0n) is 10.6. The van der Waals surface area contributed by atoms with Crippen LogP contribution in [0.25, 0.3) is 10.9 Å². The van der Waals surface area contributed by atoms with Crippen LogP contribution >= 0.6 is 0 Å². The minimum Gasteiger partial charge on any atom is -0.480 e. The van der Waals surface area contributed by atoms with E-state index in [-0.39, 0.29) is 6.42 Å². The van der Waals surface area contributed by atoms with Crippen molar-refractivity contribution in [3.8, 4) is 0 Å². The number of halogens is 2. The normalized spacial score (nSPS) is 13.7. The fraction of sp³-hybridized carbons (Fsp3) is 0.250. The highest BCUT2D eigenvalue weighted by atomic mass is 32.2. The Morgan fingerprint density at radius 2 is 2.00 bits per heavy atom. The van der Waals surface area contributed by atoms with Gasteiger partial charge in [-0.05, 0) is 11.6 Å². The average molecular weight is 318 g/mol. The van der Waals surface area contributed by atoms with Crippen LogP contribution in [-0.4, -0.2) is 36.3 Å². The Morgan fingerprint density at radius 1 is 1.33 bits per heavy atom. The summed E-state index contributed by atoms with van der Waals surface area (Å²) >= 11 is 0. The van der Waals surface area contributed by atoms with Gasteiger partial charge in [-0.2, -0.15) is 13.5 Å². The van der Waals surface area contributed by atoms with Gasteiger partial charge in [0.1, 0.15) is 6.04 Å². The first kappa shape index (κ1) is 15.4. The molecule has 0 bridgehead atoms. The Bertz CT molecular complexity index is 757. The van der Waals surface area contributed by atoms with E-state index in [1.165, 1.54) is 10.9 Å². The number of nitrogens with one attached hydrogen (secondary N) is 2. The molecule has 0 aliphatic heterocycles. The fourth-order valence-corrected chi connectivity index (χ4v) is 2.63. The summed E-state index contributed by atoms with van der Waals surface area (Å²) in [5.74, 6) is -5.20. The summed E-state index contributed by atoms with van der Waals surface area (Å²) in [5, 5.41) is 9.72. The maximum Gasteiger partial charge on any atom is 0.350 e. The van der Waals surface area contributed by atoms with Gasteiger partial charge in [-0.15, -0.1) is 0 Å². The van der Waals surface area contributed by atoms with Crippen molar-refractivity contribution in [2.75, 3.05) is 0 Å². The smallest absolute Gasteiger partial charge is 0.350 e. The van der Waals surface area contributed by atoms with E-state index in [2.05, 4.69) is 4.98 Å². The van der Waals surface area contributed by atoms with E-state index in [9.17, 15) is 22.0 Å². The molecule has 2 aromatic rings. The highest BCUT2D eigenvalue weighted by Gasteiger charge is 2.31. The third-order valence-electron chi connectivity index (χ3n) is 2.94. The Balaban J connectivity index is 2.27. The quantitative estimate of drug-likeness (QED) is 0.747. The molecule has 2 rings (SSSR count). The Kier molecular flexibility index (Phi) is 4.24. The maximum atomic E-state index is 12.3. The number of para-hydroxylation sites is 1. The number of carbonyl (C=O) groups is 1. The minimum atomic E-state index is -4.97. The van der Waals surface area contributed by atoms with Crippen molar-refractivity contribution in [2.45, 2.75) is 18.2 Å². The van der Waals surface area contributed by atoms with Gasteiger partial charge in [0.15, 0.2) is 0 Å². The van der Waals surface area contributed by atoms with Crippen molar-refractivity contribution in [1.82, 2.24) is 9.71 Å². The van der Waals surface area contributed by atoms with Gasteiger partial charge in [-0.25, -0.2) is 8.42 Å². The molecule has 0 aliphatic rings. The van der Waals surface area contributed by atoms with Crippen molar-refractivity contribution in [1.29, 1.82) is 0 Å². The highest BCUT2D eigenvalue weighted by molar-refractivity contribution is 7.89. The monoisotopic (exact) mass is 318 g/mol. The molecule has 0 aliphatic carbocycles. The standard InChI is InChI=1S/C12H12F2N2O4S/c13-12(14)21(19,20)16-10(11(17)18)5-7-6-15-9-4-2-1-3-8(7)9/h1-4,6,10,12,15-16H,5H2,(H,17,18)/t10-/m0/s1. The van der Waals surface area contributed by atoms with Crippen LogP contribution in [0.15, 0.2) is 30.5 Å². The van der Waals surface area contributed by atoms with Crippen LogP contribution in [0, 0.1) is 0 Å². The van der Waals surface area contributed by atoms with Crippen molar-refractivity contribution in [3.63, 3.8) is 0 Å². The molecule has 1 aromatic carbocycles. The van der Waals surface area contributed by atoms with Crippen molar-refractivity contribution < 1.29 is 27.1 Å². The lowest BCUT2D eigenvalue weighted by atomic mass is 10.1.